The molecule has 0 unspecified atom stereocenters. The number of fused-ring (bicyclic) bond motifs is 1. The van der Waals surface area contributed by atoms with Gasteiger partial charge < -0.3 is 20.2 Å². The van der Waals surface area contributed by atoms with Crippen LogP contribution in [0.15, 0.2) is 91.0 Å². The Morgan fingerprint density at radius 3 is 2.26 bits per heavy atom. The molecular formula is C29H25N4OPr-. The van der Waals surface area contributed by atoms with Crippen LogP contribution in [0.5, 0.6) is 0 Å². The number of aromatic nitrogens is 2. The van der Waals surface area contributed by atoms with Crippen LogP contribution in [0, 0.1) is 54.5 Å². The van der Waals surface area contributed by atoms with Crippen molar-refractivity contribution < 1.29 is 46.1 Å². The summed E-state index contributed by atoms with van der Waals surface area (Å²) in [6, 6.07) is 30.2. The van der Waals surface area contributed by atoms with Crippen molar-refractivity contribution in [1.29, 1.82) is 0 Å². The van der Waals surface area contributed by atoms with E-state index >= 15 is 0 Å². The second-order valence-corrected chi connectivity index (χ2v) is 8.27. The van der Waals surface area contributed by atoms with E-state index in [1.807, 2.05) is 73.1 Å². The molecule has 0 fully saturated rings. The van der Waals surface area contributed by atoms with E-state index in [9.17, 15) is 4.79 Å². The molecular weight excluding hydrogens is 561 g/mol. The number of amides is 1. The van der Waals surface area contributed by atoms with Gasteiger partial charge in [-0.25, -0.2) is 0 Å². The third-order valence-electron chi connectivity index (χ3n) is 5.96. The first-order valence-electron chi connectivity index (χ1n) is 11.2. The van der Waals surface area contributed by atoms with Gasteiger partial charge in [0, 0.05) is 66.8 Å². The standard InChI is InChI=1S/C29H25N4O.Pr/c1-20-16-24(29(34)32-26-11-7-6-10-25(26)30-2)17-27-28(20)31-19-33(27)18-21-12-14-23(15-13-21)22-8-4-3-5-9-22;/h3-17,30H,18H2,1-2H3,(H,32,34);/q-1;. The molecule has 0 spiro atoms. The summed E-state index contributed by atoms with van der Waals surface area (Å²) in [6.45, 7) is 2.60. The number of para-hydroxylation sites is 2. The van der Waals surface area contributed by atoms with Crippen LogP contribution in [0.2, 0.25) is 0 Å². The van der Waals surface area contributed by atoms with Crippen molar-refractivity contribution in [3.8, 4) is 11.1 Å². The van der Waals surface area contributed by atoms with Crippen molar-refractivity contribution in [2.24, 2.45) is 0 Å². The Morgan fingerprint density at radius 2 is 1.54 bits per heavy atom. The van der Waals surface area contributed by atoms with Gasteiger partial charge in [0.1, 0.15) is 0 Å². The van der Waals surface area contributed by atoms with Crippen molar-refractivity contribution in [3.05, 3.63) is 114 Å². The van der Waals surface area contributed by atoms with Crippen LogP contribution < -0.4 is 10.6 Å². The molecule has 6 heteroatoms. The predicted octanol–water partition coefficient (Wildman–Crippen LogP) is 6.15. The summed E-state index contributed by atoms with van der Waals surface area (Å²) in [7, 11) is 1.84. The minimum atomic E-state index is -0.160. The van der Waals surface area contributed by atoms with Crippen LogP contribution in [-0.2, 0) is 6.54 Å². The van der Waals surface area contributed by atoms with Crippen LogP contribution in [0.1, 0.15) is 21.5 Å². The Bertz CT molecular complexity index is 1460. The van der Waals surface area contributed by atoms with E-state index in [0.29, 0.717) is 12.1 Å². The van der Waals surface area contributed by atoms with Gasteiger partial charge in [0.05, 0.1) is 11.4 Å². The van der Waals surface area contributed by atoms with Gasteiger partial charge in [-0.05, 0) is 28.8 Å². The number of rotatable bonds is 6. The van der Waals surface area contributed by atoms with Crippen molar-refractivity contribution in [2.45, 2.75) is 13.5 Å². The topological polar surface area (TPSA) is 58.9 Å². The van der Waals surface area contributed by atoms with E-state index < -0.39 is 0 Å². The fraction of sp³-hybridized carbons (Fsp3) is 0.103. The molecule has 0 saturated carbocycles. The van der Waals surface area contributed by atoms with E-state index in [1.165, 1.54) is 11.1 Å². The SMILES string of the molecule is CNc1ccccc1NC(=O)c1cc(C)c2n[c-]n(Cc3ccc(-c4ccccc4)cc3)c2c1.[Pr]. The summed E-state index contributed by atoms with van der Waals surface area (Å²) in [5.41, 5.74) is 8.40. The Labute approximate surface area is 238 Å². The van der Waals surface area contributed by atoms with Gasteiger partial charge in [-0.3, -0.25) is 4.79 Å². The Morgan fingerprint density at radius 1 is 0.886 bits per heavy atom. The second-order valence-electron chi connectivity index (χ2n) is 8.27. The normalized spacial score (nSPS) is 10.6. The number of hydrogen-bond donors (Lipinski definition) is 2. The predicted molar refractivity (Wildman–Crippen MR) is 138 cm³/mol. The number of benzene rings is 4. The van der Waals surface area contributed by atoms with Crippen molar-refractivity contribution in [3.63, 3.8) is 0 Å². The number of carbonyl (C=O) groups excluding carboxylic acids is 1. The van der Waals surface area contributed by atoms with Gasteiger partial charge >= 0.3 is 0 Å². The third kappa shape index (κ3) is 5.47. The quantitative estimate of drug-likeness (QED) is 0.235. The molecule has 5 rings (SSSR count). The fourth-order valence-electron chi connectivity index (χ4n) is 4.15. The summed E-state index contributed by atoms with van der Waals surface area (Å²) >= 11 is 0. The molecule has 2 N–H and O–H groups in total. The largest absolute Gasteiger partial charge is 0.443 e. The van der Waals surface area contributed by atoms with Crippen LogP contribution >= 0.6 is 0 Å². The van der Waals surface area contributed by atoms with Gasteiger partial charge in [-0.15, -0.1) is 0 Å². The van der Waals surface area contributed by atoms with Gasteiger partial charge in [-0.1, -0.05) is 102 Å². The molecule has 171 valence electrons. The molecule has 1 radical (unpaired) electrons. The van der Waals surface area contributed by atoms with Crippen LogP contribution in [0.3, 0.4) is 0 Å². The van der Waals surface area contributed by atoms with Crippen molar-refractivity contribution >= 4 is 28.3 Å². The summed E-state index contributed by atoms with van der Waals surface area (Å²) in [4.78, 5) is 17.6. The molecule has 1 amide bonds. The van der Waals surface area contributed by atoms with Gasteiger partial charge in [0.2, 0.25) is 0 Å². The number of hydrogen-bond acceptors (Lipinski definition) is 3. The molecule has 1 heterocycles. The first-order valence-corrected chi connectivity index (χ1v) is 11.2. The van der Waals surface area contributed by atoms with Gasteiger partial charge in [0.25, 0.3) is 5.91 Å². The Kier molecular flexibility index (Phi) is 7.99. The number of anilines is 2. The monoisotopic (exact) mass is 586 g/mol. The number of aryl methyl sites for hydroxylation is 1. The van der Waals surface area contributed by atoms with E-state index in [1.54, 1.807) is 0 Å². The van der Waals surface area contributed by atoms with E-state index in [4.69, 9.17) is 0 Å². The molecule has 0 atom stereocenters. The van der Waals surface area contributed by atoms with Crippen LogP contribution in [0.25, 0.3) is 22.2 Å². The summed E-state index contributed by atoms with van der Waals surface area (Å²) in [5, 5.41) is 6.12. The molecule has 0 saturated heterocycles. The van der Waals surface area contributed by atoms with Crippen molar-refractivity contribution in [1.82, 2.24) is 9.55 Å². The maximum atomic E-state index is 13.1. The van der Waals surface area contributed by atoms with E-state index in [2.05, 4.69) is 58.3 Å². The molecule has 0 bridgehead atoms. The molecule has 35 heavy (non-hydrogen) atoms. The maximum Gasteiger partial charge on any atom is 0.254 e. The van der Waals surface area contributed by atoms with Gasteiger partial charge in [0.15, 0.2) is 0 Å². The molecule has 1 aromatic heterocycles. The third-order valence-corrected chi connectivity index (χ3v) is 5.96. The first kappa shape index (κ1) is 25.1. The first-order chi connectivity index (χ1) is 16.6. The molecule has 4 aromatic carbocycles. The smallest absolute Gasteiger partial charge is 0.254 e. The molecule has 5 nitrogen and oxygen atoms in total. The summed E-state index contributed by atoms with van der Waals surface area (Å²) < 4.78 is 1.97. The minimum Gasteiger partial charge on any atom is -0.443 e. The fourth-order valence-corrected chi connectivity index (χ4v) is 4.15. The van der Waals surface area contributed by atoms with Crippen LogP contribution in [0.4, 0.5) is 11.4 Å². The molecule has 0 aliphatic heterocycles. The average Bonchev–Trinajstić information content (AvgIpc) is 3.28. The van der Waals surface area contributed by atoms with Gasteiger partial charge in [-0.2, -0.15) is 0 Å². The number of imidazole rings is 1. The van der Waals surface area contributed by atoms with E-state index in [-0.39, 0.29) is 47.2 Å². The van der Waals surface area contributed by atoms with Crippen molar-refractivity contribution in [2.75, 3.05) is 17.7 Å². The summed E-state index contributed by atoms with van der Waals surface area (Å²) in [5.74, 6) is -0.160. The number of nitrogens with zero attached hydrogens (tertiary/aromatic N) is 2. The van der Waals surface area contributed by atoms with E-state index in [0.717, 1.165) is 33.5 Å². The number of carbonyl (C=O) groups is 1. The zero-order chi connectivity index (χ0) is 23.5. The molecule has 0 aliphatic carbocycles. The molecule has 0 aliphatic rings. The average molecular weight is 586 g/mol. The van der Waals surface area contributed by atoms with Crippen LogP contribution in [-0.4, -0.2) is 22.5 Å². The second kappa shape index (κ2) is 11.1. The molecule has 5 aromatic rings. The zero-order valence-electron chi connectivity index (χ0n) is 19.7. The summed E-state index contributed by atoms with van der Waals surface area (Å²) in [6.07, 6.45) is 3.11. The minimum absolute atomic E-state index is 0. The zero-order valence-corrected chi connectivity index (χ0v) is 23.5. The maximum absolute atomic E-state index is 13.1. The number of nitrogens with one attached hydrogen (secondary N) is 2. The Hall–Kier alpha value is -3.02. The Balaban J connectivity index is 0.00000289.